The van der Waals surface area contributed by atoms with Crippen LogP contribution in [0.4, 0.5) is 5.82 Å². The molecule has 27 heavy (non-hydrogen) atoms. The van der Waals surface area contributed by atoms with E-state index in [4.69, 9.17) is 0 Å². The van der Waals surface area contributed by atoms with Crippen LogP contribution in [-0.4, -0.2) is 33.1 Å². The first kappa shape index (κ1) is 18.3. The highest BCUT2D eigenvalue weighted by Gasteiger charge is 2.07. The maximum Gasteiger partial charge on any atom is 0.227 e. The molecule has 0 aliphatic heterocycles. The number of hydrogen-bond donors (Lipinski definition) is 2. The number of benzene rings is 1. The van der Waals surface area contributed by atoms with Gasteiger partial charge in [0.05, 0.1) is 11.9 Å². The molecule has 0 spiro atoms. The van der Waals surface area contributed by atoms with Crippen molar-refractivity contribution in [3.05, 3.63) is 72.7 Å². The molecule has 2 aromatic heterocycles. The van der Waals surface area contributed by atoms with Gasteiger partial charge in [0.15, 0.2) is 0 Å². The third-order valence-corrected chi connectivity index (χ3v) is 3.90. The third kappa shape index (κ3) is 5.78. The second-order valence-electron chi connectivity index (χ2n) is 5.99. The van der Waals surface area contributed by atoms with Crippen molar-refractivity contribution in [2.24, 2.45) is 0 Å². The summed E-state index contributed by atoms with van der Waals surface area (Å²) in [5.74, 6) is 0.232. The molecule has 0 atom stereocenters. The van der Waals surface area contributed by atoms with E-state index in [1.54, 1.807) is 35.3 Å². The van der Waals surface area contributed by atoms with E-state index in [2.05, 4.69) is 20.7 Å². The van der Waals surface area contributed by atoms with E-state index in [9.17, 15) is 9.59 Å². The topological polar surface area (TPSA) is 88.9 Å². The van der Waals surface area contributed by atoms with Crippen molar-refractivity contribution < 1.29 is 9.59 Å². The lowest BCUT2D eigenvalue weighted by molar-refractivity contribution is -0.121. The monoisotopic (exact) mass is 363 g/mol. The minimum absolute atomic E-state index is 0.0897. The molecule has 0 bridgehead atoms. The zero-order valence-corrected chi connectivity index (χ0v) is 14.8. The summed E-state index contributed by atoms with van der Waals surface area (Å²) in [6, 6.07) is 15.1. The minimum atomic E-state index is -0.182. The molecule has 7 heteroatoms. The highest BCUT2D eigenvalue weighted by Crippen LogP contribution is 2.09. The highest BCUT2D eigenvalue weighted by molar-refractivity contribution is 5.90. The SMILES string of the molecule is O=C(CCc1cnn(-c2ccccc2)c1)NCCC(=O)Nc1ccccn1. The Kier molecular flexibility index (Phi) is 6.30. The first-order valence-electron chi connectivity index (χ1n) is 8.77. The number of nitrogens with one attached hydrogen (secondary N) is 2. The molecular formula is C20H21N5O2. The minimum Gasteiger partial charge on any atom is -0.356 e. The molecule has 0 saturated carbocycles. The summed E-state index contributed by atoms with van der Waals surface area (Å²) in [7, 11) is 0. The summed E-state index contributed by atoms with van der Waals surface area (Å²) < 4.78 is 1.79. The number of aryl methyl sites for hydroxylation is 1. The predicted octanol–water partition coefficient (Wildman–Crippen LogP) is 2.34. The maximum atomic E-state index is 12.0. The predicted molar refractivity (Wildman–Crippen MR) is 102 cm³/mol. The zero-order chi connectivity index (χ0) is 18.9. The Morgan fingerprint density at radius 1 is 0.963 bits per heavy atom. The Labute approximate surface area is 157 Å². The van der Waals surface area contributed by atoms with E-state index in [1.807, 2.05) is 36.5 Å². The molecule has 0 fully saturated rings. The van der Waals surface area contributed by atoms with Gasteiger partial charge in [-0.1, -0.05) is 24.3 Å². The number of pyridine rings is 1. The Morgan fingerprint density at radius 2 is 1.78 bits per heavy atom. The largest absolute Gasteiger partial charge is 0.356 e. The molecule has 3 rings (SSSR count). The van der Waals surface area contributed by atoms with Gasteiger partial charge < -0.3 is 10.6 Å². The van der Waals surface area contributed by atoms with Crippen LogP contribution in [-0.2, 0) is 16.0 Å². The number of aromatic nitrogens is 3. The van der Waals surface area contributed by atoms with E-state index in [1.165, 1.54) is 0 Å². The van der Waals surface area contributed by atoms with E-state index in [0.29, 0.717) is 25.2 Å². The van der Waals surface area contributed by atoms with Gasteiger partial charge in [-0.2, -0.15) is 5.10 Å². The highest BCUT2D eigenvalue weighted by atomic mass is 16.2. The molecule has 7 nitrogen and oxygen atoms in total. The van der Waals surface area contributed by atoms with Crippen molar-refractivity contribution >= 4 is 17.6 Å². The van der Waals surface area contributed by atoms with E-state index in [-0.39, 0.29) is 18.2 Å². The van der Waals surface area contributed by atoms with Crippen molar-refractivity contribution in [3.8, 4) is 5.69 Å². The van der Waals surface area contributed by atoms with Crippen molar-refractivity contribution in [2.45, 2.75) is 19.3 Å². The second-order valence-corrected chi connectivity index (χ2v) is 5.99. The van der Waals surface area contributed by atoms with Crippen molar-refractivity contribution in [2.75, 3.05) is 11.9 Å². The van der Waals surface area contributed by atoms with Gasteiger partial charge in [0.25, 0.3) is 0 Å². The summed E-state index contributed by atoms with van der Waals surface area (Å²) in [5, 5.41) is 9.76. The quantitative estimate of drug-likeness (QED) is 0.643. The molecular weight excluding hydrogens is 342 g/mol. The van der Waals surface area contributed by atoms with Gasteiger partial charge in [-0.25, -0.2) is 9.67 Å². The Morgan fingerprint density at radius 3 is 2.56 bits per heavy atom. The zero-order valence-electron chi connectivity index (χ0n) is 14.8. The lowest BCUT2D eigenvalue weighted by Gasteiger charge is -2.06. The van der Waals surface area contributed by atoms with Crippen molar-refractivity contribution in [1.82, 2.24) is 20.1 Å². The van der Waals surface area contributed by atoms with Crippen LogP contribution in [0.2, 0.25) is 0 Å². The molecule has 0 radical (unpaired) electrons. The Bertz CT molecular complexity index is 878. The van der Waals surface area contributed by atoms with Gasteiger partial charge in [-0.3, -0.25) is 9.59 Å². The molecule has 0 saturated heterocycles. The summed E-state index contributed by atoms with van der Waals surface area (Å²) in [6.45, 7) is 0.292. The molecule has 2 N–H and O–H groups in total. The average molecular weight is 363 g/mol. The average Bonchev–Trinajstić information content (AvgIpc) is 3.17. The first-order chi connectivity index (χ1) is 13.2. The number of carbonyl (C=O) groups is 2. The number of hydrogen-bond acceptors (Lipinski definition) is 4. The molecule has 2 heterocycles. The Balaban J connectivity index is 1.36. The van der Waals surface area contributed by atoms with Gasteiger partial charge in [-0.05, 0) is 36.2 Å². The van der Waals surface area contributed by atoms with Gasteiger partial charge in [-0.15, -0.1) is 0 Å². The van der Waals surface area contributed by atoms with Gasteiger partial charge >= 0.3 is 0 Å². The Hall–Kier alpha value is -3.48. The number of amides is 2. The number of para-hydroxylation sites is 1. The lowest BCUT2D eigenvalue weighted by atomic mass is 10.2. The van der Waals surface area contributed by atoms with Gasteiger partial charge in [0.2, 0.25) is 11.8 Å². The van der Waals surface area contributed by atoms with Gasteiger partial charge in [0, 0.05) is 31.8 Å². The van der Waals surface area contributed by atoms with E-state index in [0.717, 1.165) is 11.3 Å². The molecule has 0 aliphatic rings. The van der Waals surface area contributed by atoms with Crippen LogP contribution in [0.3, 0.4) is 0 Å². The van der Waals surface area contributed by atoms with E-state index < -0.39 is 0 Å². The van der Waals surface area contributed by atoms with Crippen LogP contribution in [0.5, 0.6) is 0 Å². The lowest BCUT2D eigenvalue weighted by Crippen LogP contribution is -2.27. The summed E-state index contributed by atoms with van der Waals surface area (Å²) >= 11 is 0. The molecule has 2 amide bonds. The molecule has 138 valence electrons. The number of rotatable bonds is 8. The first-order valence-corrected chi connectivity index (χ1v) is 8.77. The summed E-state index contributed by atoms with van der Waals surface area (Å²) in [4.78, 5) is 27.8. The van der Waals surface area contributed by atoms with Crippen LogP contribution in [0.25, 0.3) is 5.69 Å². The molecule has 0 unspecified atom stereocenters. The van der Waals surface area contributed by atoms with Crippen molar-refractivity contribution in [3.63, 3.8) is 0 Å². The molecule has 0 aliphatic carbocycles. The summed E-state index contributed by atoms with van der Waals surface area (Å²) in [6.07, 6.45) is 6.44. The number of anilines is 1. The van der Waals surface area contributed by atoms with Crippen LogP contribution in [0, 0.1) is 0 Å². The normalized spacial score (nSPS) is 10.4. The van der Waals surface area contributed by atoms with Crippen molar-refractivity contribution in [1.29, 1.82) is 0 Å². The maximum absolute atomic E-state index is 12.0. The standard InChI is InChI=1S/C20H21N5O2/c26-19(22-13-11-20(27)24-18-8-4-5-12-21-18)10-9-16-14-23-25(15-16)17-6-2-1-3-7-17/h1-8,12,14-15H,9-11,13H2,(H,22,26)(H,21,24,27). The third-order valence-electron chi connectivity index (χ3n) is 3.90. The molecule has 1 aromatic carbocycles. The smallest absolute Gasteiger partial charge is 0.227 e. The summed E-state index contributed by atoms with van der Waals surface area (Å²) in [5.41, 5.74) is 1.97. The van der Waals surface area contributed by atoms with E-state index >= 15 is 0 Å². The number of nitrogens with zero attached hydrogens (tertiary/aromatic N) is 3. The second kappa shape index (κ2) is 9.28. The molecule has 3 aromatic rings. The number of carbonyl (C=O) groups excluding carboxylic acids is 2. The van der Waals surface area contributed by atoms with Crippen LogP contribution in [0.15, 0.2) is 67.1 Å². The van der Waals surface area contributed by atoms with Crippen LogP contribution in [0.1, 0.15) is 18.4 Å². The fourth-order valence-corrected chi connectivity index (χ4v) is 2.51. The fourth-order valence-electron chi connectivity index (χ4n) is 2.51. The van der Waals surface area contributed by atoms with Gasteiger partial charge in [0.1, 0.15) is 5.82 Å². The van der Waals surface area contributed by atoms with Crippen LogP contribution >= 0.6 is 0 Å². The fraction of sp³-hybridized carbons (Fsp3) is 0.200. The van der Waals surface area contributed by atoms with Crippen LogP contribution < -0.4 is 10.6 Å².